The number of rotatable bonds is 5. The number of methoxy groups -OCH3 is 2. The second-order valence-electron chi connectivity index (χ2n) is 3.90. The first-order valence-corrected chi connectivity index (χ1v) is 5.28. The Bertz CT molecular complexity index is 151. The number of nitrogens with two attached hydrogens (primary N) is 1. The van der Waals surface area contributed by atoms with Crippen molar-refractivity contribution in [3.63, 3.8) is 0 Å². The summed E-state index contributed by atoms with van der Waals surface area (Å²) in [5, 5.41) is 0. The first kappa shape index (κ1) is 11.9. The molecule has 0 aromatic carbocycles. The van der Waals surface area contributed by atoms with E-state index in [0.717, 1.165) is 26.2 Å². The molecule has 1 rings (SSSR count). The molecule has 1 aliphatic heterocycles. The number of hydrogen-bond donors (Lipinski definition) is 1. The molecule has 0 aromatic heterocycles. The highest BCUT2D eigenvalue weighted by atomic mass is 16.7. The molecule has 1 heterocycles. The van der Waals surface area contributed by atoms with E-state index in [-0.39, 0.29) is 6.29 Å². The molecule has 1 saturated heterocycles. The zero-order valence-electron chi connectivity index (χ0n) is 9.24. The molecule has 1 fully saturated rings. The van der Waals surface area contributed by atoms with Gasteiger partial charge in [0.05, 0.1) is 0 Å². The maximum absolute atomic E-state index is 5.67. The van der Waals surface area contributed by atoms with Crippen LogP contribution in [-0.2, 0) is 9.47 Å². The smallest absolute Gasteiger partial charge is 0.169 e. The van der Waals surface area contributed by atoms with Crippen LogP contribution >= 0.6 is 0 Å². The molecule has 4 heteroatoms. The van der Waals surface area contributed by atoms with Crippen LogP contribution < -0.4 is 5.73 Å². The number of hydrogen-bond acceptors (Lipinski definition) is 4. The first-order valence-electron chi connectivity index (χ1n) is 5.28. The van der Waals surface area contributed by atoms with E-state index in [0.29, 0.717) is 5.92 Å². The van der Waals surface area contributed by atoms with Gasteiger partial charge in [-0.25, -0.2) is 0 Å². The van der Waals surface area contributed by atoms with E-state index >= 15 is 0 Å². The van der Waals surface area contributed by atoms with Gasteiger partial charge in [0.15, 0.2) is 6.29 Å². The normalized spacial score (nSPS) is 24.4. The molecule has 1 atom stereocenters. The van der Waals surface area contributed by atoms with Crippen molar-refractivity contribution in [3.8, 4) is 0 Å². The molecule has 0 amide bonds. The summed E-state index contributed by atoms with van der Waals surface area (Å²) in [6.07, 6.45) is 2.39. The fourth-order valence-corrected chi connectivity index (χ4v) is 1.97. The third kappa shape index (κ3) is 3.53. The van der Waals surface area contributed by atoms with Gasteiger partial charge in [0.25, 0.3) is 0 Å². The lowest BCUT2D eigenvalue weighted by molar-refractivity contribution is -0.119. The minimum absolute atomic E-state index is 0.105. The molecule has 0 aliphatic carbocycles. The lowest BCUT2D eigenvalue weighted by atomic mass is 9.98. The van der Waals surface area contributed by atoms with Crippen LogP contribution in [0.1, 0.15) is 12.8 Å². The molecule has 0 saturated carbocycles. The molecular formula is C10H22N2O2. The fraction of sp³-hybridized carbons (Fsp3) is 1.00. The molecule has 0 radical (unpaired) electrons. The Kier molecular flexibility index (Phi) is 5.40. The first-order chi connectivity index (χ1) is 6.80. The van der Waals surface area contributed by atoms with Crippen LogP contribution in [-0.4, -0.2) is 51.6 Å². The average Bonchev–Trinajstić information content (AvgIpc) is 2.26. The highest BCUT2D eigenvalue weighted by Gasteiger charge is 2.21. The van der Waals surface area contributed by atoms with Crippen LogP contribution in [0.4, 0.5) is 0 Å². The van der Waals surface area contributed by atoms with Crippen LogP contribution in [0.5, 0.6) is 0 Å². The Morgan fingerprint density at radius 3 is 2.71 bits per heavy atom. The predicted octanol–water partition coefficient (Wildman–Crippen LogP) is 0.276. The van der Waals surface area contributed by atoms with Crippen molar-refractivity contribution in [2.75, 3.05) is 40.4 Å². The maximum Gasteiger partial charge on any atom is 0.169 e. The molecule has 84 valence electrons. The van der Waals surface area contributed by atoms with Crippen molar-refractivity contribution in [1.82, 2.24) is 4.90 Å². The van der Waals surface area contributed by atoms with Crippen molar-refractivity contribution in [3.05, 3.63) is 0 Å². The minimum Gasteiger partial charge on any atom is -0.355 e. The second kappa shape index (κ2) is 6.35. The van der Waals surface area contributed by atoms with Gasteiger partial charge in [-0.1, -0.05) is 0 Å². The topological polar surface area (TPSA) is 47.7 Å². The van der Waals surface area contributed by atoms with E-state index in [4.69, 9.17) is 15.2 Å². The Balaban J connectivity index is 2.29. The molecule has 1 aliphatic rings. The van der Waals surface area contributed by atoms with E-state index in [1.807, 2.05) is 0 Å². The molecular weight excluding hydrogens is 180 g/mol. The standard InChI is InChI=1S/C10H22N2O2/c1-13-10(14-2)8-12-5-3-4-9(6-11)7-12/h9-10H,3-8,11H2,1-2H3. The monoisotopic (exact) mass is 202 g/mol. The van der Waals surface area contributed by atoms with Gasteiger partial charge >= 0.3 is 0 Å². The van der Waals surface area contributed by atoms with E-state index < -0.39 is 0 Å². The predicted molar refractivity (Wildman–Crippen MR) is 56.0 cm³/mol. The molecule has 1 unspecified atom stereocenters. The van der Waals surface area contributed by atoms with Gasteiger partial charge in [-0.2, -0.15) is 0 Å². The quantitative estimate of drug-likeness (QED) is 0.650. The van der Waals surface area contributed by atoms with Crippen molar-refractivity contribution in [2.24, 2.45) is 11.7 Å². The van der Waals surface area contributed by atoms with Gasteiger partial charge in [-0.15, -0.1) is 0 Å². The van der Waals surface area contributed by atoms with Crippen molar-refractivity contribution >= 4 is 0 Å². The van der Waals surface area contributed by atoms with Gasteiger partial charge in [-0.3, -0.25) is 4.90 Å². The van der Waals surface area contributed by atoms with Gasteiger partial charge < -0.3 is 15.2 Å². The van der Waals surface area contributed by atoms with Gasteiger partial charge in [0, 0.05) is 27.3 Å². The van der Waals surface area contributed by atoms with Crippen LogP contribution in [0.2, 0.25) is 0 Å². The summed E-state index contributed by atoms with van der Waals surface area (Å²) in [7, 11) is 3.36. The highest BCUT2D eigenvalue weighted by Crippen LogP contribution is 2.15. The van der Waals surface area contributed by atoms with Crippen LogP contribution in [0.25, 0.3) is 0 Å². The largest absolute Gasteiger partial charge is 0.355 e. The lowest BCUT2D eigenvalue weighted by Crippen LogP contribution is -2.43. The van der Waals surface area contributed by atoms with Gasteiger partial charge in [0.1, 0.15) is 0 Å². The zero-order chi connectivity index (χ0) is 10.4. The Hall–Kier alpha value is -0.160. The number of ether oxygens (including phenoxy) is 2. The van der Waals surface area contributed by atoms with Crippen LogP contribution in [0.15, 0.2) is 0 Å². The molecule has 4 nitrogen and oxygen atoms in total. The number of likely N-dealkylation sites (tertiary alicyclic amines) is 1. The van der Waals surface area contributed by atoms with Gasteiger partial charge in [-0.05, 0) is 31.8 Å². The summed E-state index contributed by atoms with van der Waals surface area (Å²) in [6, 6.07) is 0. The lowest BCUT2D eigenvalue weighted by Gasteiger charge is -2.33. The molecule has 14 heavy (non-hydrogen) atoms. The summed E-state index contributed by atoms with van der Waals surface area (Å²) < 4.78 is 10.4. The summed E-state index contributed by atoms with van der Waals surface area (Å²) >= 11 is 0. The van der Waals surface area contributed by atoms with Crippen LogP contribution in [0, 0.1) is 5.92 Å². The Morgan fingerprint density at radius 2 is 2.14 bits per heavy atom. The van der Waals surface area contributed by atoms with E-state index in [2.05, 4.69) is 4.90 Å². The highest BCUT2D eigenvalue weighted by molar-refractivity contribution is 4.73. The molecule has 0 spiro atoms. The minimum atomic E-state index is -0.105. The molecule has 2 N–H and O–H groups in total. The van der Waals surface area contributed by atoms with Gasteiger partial charge in [0.2, 0.25) is 0 Å². The zero-order valence-corrected chi connectivity index (χ0v) is 9.24. The fourth-order valence-electron chi connectivity index (χ4n) is 1.97. The summed E-state index contributed by atoms with van der Waals surface area (Å²) in [4.78, 5) is 2.37. The Morgan fingerprint density at radius 1 is 1.43 bits per heavy atom. The summed E-state index contributed by atoms with van der Waals surface area (Å²) in [6.45, 7) is 3.87. The average molecular weight is 202 g/mol. The van der Waals surface area contributed by atoms with E-state index in [9.17, 15) is 0 Å². The molecule has 0 bridgehead atoms. The Labute approximate surface area is 86.3 Å². The SMILES string of the molecule is COC(CN1CCCC(CN)C1)OC. The van der Waals surface area contributed by atoms with E-state index in [1.165, 1.54) is 12.8 Å². The van der Waals surface area contributed by atoms with E-state index in [1.54, 1.807) is 14.2 Å². The summed E-state index contributed by atoms with van der Waals surface area (Å²) in [5.41, 5.74) is 5.67. The van der Waals surface area contributed by atoms with Crippen molar-refractivity contribution in [1.29, 1.82) is 0 Å². The van der Waals surface area contributed by atoms with Crippen molar-refractivity contribution < 1.29 is 9.47 Å². The van der Waals surface area contributed by atoms with Crippen molar-refractivity contribution in [2.45, 2.75) is 19.1 Å². The third-order valence-electron chi connectivity index (χ3n) is 2.87. The maximum atomic E-state index is 5.67. The molecule has 0 aromatic rings. The summed E-state index contributed by atoms with van der Waals surface area (Å²) in [5.74, 6) is 0.651. The number of piperidine rings is 1. The number of nitrogens with zero attached hydrogens (tertiary/aromatic N) is 1. The van der Waals surface area contributed by atoms with Crippen LogP contribution in [0.3, 0.4) is 0 Å². The third-order valence-corrected chi connectivity index (χ3v) is 2.87. The second-order valence-corrected chi connectivity index (χ2v) is 3.90.